The highest BCUT2D eigenvalue weighted by molar-refractivity contribution is 6.30. The zero-order chi connectivity index (χ0) is 20.1. The van der Waals surface area contributed by atoms with Crippen LogP contribution in [0.3, 0.4) is 0 Å². The predicted octanol–water partition coefficient (Wildman–Crippen LogP) is 4.60. The molecule has 9 heteroatoms. The van der Waals surface area contributed by atoms with Gasteiger partial charge in [-0.2, -0.15) is 0 Å². The van der Waals surface area contributed by atoms with Crippen LogP contribution in [0, 0.1) is 0 Å². The summed E-state index contributed by atoms with van der Waals surface area (Å²) < 4.78 is 5.73. The Morgan fingerprint density at radius 2 is 1.93 bits per heavy atom. The minimum Gasteiger partial charge on any atom is -0.481 e. The van der Waals surface area contributed by atoms with Crippen LogP contribution in [0.15, 0.2) is 47.5 Å². The molecular formula is C21H27Cl3N4O2. The molecule has 0 spiro atoms. The van der Waals surface area contributed by atoms with E-state index in [2.05, 4.69) is 22.5 Å². The van der Waals surface area contributed by atoms with E-state index < -0.39 is 0 Å². The third-order valence-corrected chi connectivity index (χ3v) is 4.79. The van der Waals surface area contributed by atoms with Crippen LogP contribution < -0.4 is 21.1 Å². The van der Waals surface area contributed by atoms with E-state index in [0.717, 1.165) is 29.8 Å². The first-order valence-corrected chi connectivity index (χ1v) is 9.77. The molecule has 0 fully saturated rings. The zero-order valence-corrected chi connectivity index (χ0v) is 19.2. The Morgan fingerprint density at radius 3 is 2.60 bits per heavy atom. The smallest absolute Gasteiger partial charge is 0.252 e. The number of halogens is 3. The van der Waals surface area contributed by atoms with Crippen LogP contribution in [0.2, 0.25) is 5.02 Å². The Balaban J connectivity index is 0.00000225. The number of fused-ring (bicyclic) bond motifs is 1. The van der Waals surface area contributed by atoms with Gasteiger partial charge < -0.3 is 15.8 Å². The van der Waals surface area contributed by atoms with Gasteiger partial charge in [0.25, 0.3) is 5.91 Å². The van der Waals surface area contributed by atoms with Gasteiger partial charge in [0.05, 0.1) is 6.17 Å². The highest BCUT2D eigenvalue weighted by Gasteiger charge is 2.18. The molecule has 164 valence electrons. The van der Waals surface area contributed by atoms with Gasteiger partial charge in [-0.1, -0.05) is 31.0 Å². The van der Waals surface area contributed by atoms with E-state index in [1.165, 1.54) is 0 Å². The number of nitrogens with one attached hydrogen (secondary N) is 2. The lowest BCUT2D eigenvalue weighted by molar-refractivity contribution is 0.0926. The number of rotatable bonds is 7. The summed E-state index contributed by atoms with van der Waals surface area (Å²) in [6.45, 7) is 4.54. The normalized spacial score (nSPS) is 15.4. The van der Waals surface area contributed by atoms with Gasteiger partial charge in [-0.3, -0.25) is 10.1 Å². The van der Waals surface area contributed by atoms with Crippen LogP contribution in [0.25, 0.3) is 0 Å². The van der Waals surface area contributed by atoms with E-state index in [1.807, 2.05) is 25.1 Å². The number of aliphatic imine (C=N–C) groups is 1. The first kappa shape index (κ1) is 26.0. The second-order valence-corrected chi connectivity index (χ2v) is 7.24. The Hall–Kier alpha value is -1.99. The number of carbonyl (C=O) groups excluding carboxylic acids is 1. The van der Waals surface area contributed by atoms with E-state index in [4.69, 9.17) is 22.1 Å². The molecule has 2 aromatic rings. The number of hydrogen-bond acceptors (Lipinski definition) is 5. The average molecular weight is 474 g/mol. The Kier molecular flexibility index (Phi) is 10.4. The molecule has 30 heavy (non-hydrogen) atoms. The van der Waals surface area contributed by atoms with Gasteiger partial charge in [-0.15, -0.1) is 24.8 Å². The van der Waals surface area contributed by atoms with Gasteiger partial charge in [0.15, 0.2) is 6.10 Å². The molecule has 1 aliphatic rings. The van der Waals surface area contributed by atoms with E-state index in [1.54, 1.807) is 24.3 Å². The third-order valence-electron chi connectivity index (χ3n) is 4.53. The largest absolute Gasteiger partial charge is 0.481 e. The van der Waals surface area contributed by atoms with Crippen LogP contribution >= 0.6 is 36.4 Å². The summed E-state index contributed by atoms with van der Waals surface area (Å²) in [5, 5.41) is 7.04. The molecule has 1 aliphatic heterocycles. The van der Waals surface area contributed by atoms with Gasteiger partial charge >= 0.3 is 0 Å². The minimum atomic E-state index is -0.214. The van der Waals surface area contributed by atoms with Gasteiger partial charge in [0, 0.05) is 17.1 Å². The van der Waals surface area contributed by atoms with Crippen molar-refractivity contribution in [1.29, 1.82) is 0 Å². The van der Waals surface area contributed by atoms with Crippen molar-refractivity contribution in [3.05, 3.63) is 58.6 Å². The number of hydrogen-bond donors (Lipinski definition) is 3. The fraction of sp³-hybridized carbons (Fsp3) is 0.333. The molecular weight excluding hydrogens is 447 g/mol. The Morgan fingerprint density at radius 1 is 1.23 bits per heavy atom. The van der Waals surface area contributed by atoms with Gasteiger partial charge in [-0.25, -0.2) is 4.99 Å². The van der Waals surface area contributed by atoms with Crippen molar-refractivity contribution < 1.29 is 9.53 Å². The standard InChI is InChI=1S/C21H25ClN4O2.2ClH/c1-3-4-19(26-21(27)15-6-8-16(22)9-7-15)24-12-14-5-10-18-17(11-14)25-20(23)13(2)28-18;;/h5-11,13,19,24H,3-4,12H2,1-2H3,(H2,23,25)(H,26,27);2*1H. The zero-order valence-electron chi connectivity index (χ0n) is 16.9. The average Bonchev–Trinajstić information content (AvgIpc) is 2.67. The number of amidine groups is 1. The number of ether oxygens (including phenoxy) is 1. The third kappa shape index (κ3) is 6.77. The summed E-state index contributed by atoms with van der Waals surface area (Å²) in [5.41, 5.74) is 8.22. The van der Waals surface area contributed by atoms with Crippen molar-refractivity contribution >= 4 is 53.8 Å². The van der Waals surface area contributed by atoms with Crippen molar-refractivity contribution in [2.24, 2.45) is 10.7 Å². The summed E-state index contributed by atoms with van der Waals surface area (Å²) in [5.74, 6) is 1.07. The highest BCUT2D eigenvalue weighted by atomic mass is 35.5. The molecule has 6 nitrogen and oxygen atoms in total. The molecule has 0 saturated heterocycles. The van der Waals surface area contributed by atoms with Crippen LogP contribution in [0.5, 0.6) is 5.75 Å². The van der Waals surface area contributed by atoms with E-state index in [0.29, 0.717) is 23.0 Å². The molecule has 0 saturated carbocycles. The van der Waals surface area contributed by atoms with Crippen LogP contribution in [-0.2, 0) is 6.54 Å². The first-order valence-electron chi connectivity index (χ1n) is 9.39. The maximum atomic E-state index is 12.5. The minimum absolute atomic E-state index is 0. The lowest BCUT2D eigenvalue weighted by Gasteiger charge is -2.22. The molecule has 3 rings (SSSR count). The van der Waals surface area contributed by atoms with Crippen molar-refractivity contribution in [1.82, 2.24) is 10.6 Å². The summed E-state index contributed by atoms with van der Waals surface area (Å²) in [4.78, 5) is 16.9. The maximum Gasteiger partial charge on any atom is 0.252 e. The first-order chi connectivity index (χ1) is 13.5. The van der Waals surface area contributed by atoms with Crippen LogP contribution in [-0.4, -0.2) is 24.0 Å². The lowest BCUT2D eigenvalue weighted by atomic mass is 10.1. The summed E-state index contributed by atoms with van der Waals surface area (Å²) in [6.07, 6.45) is 1.40. The SMILES string of the molecule is CCCC(NCc1ccc2c(c1)N=C(N)C(C)O2)NC(=O)c1ccc(Cl)cc1.Cl.Cl. The summed E-state index contributed by atoms with van der Waals surface area (Å²) in [7, 11) is 0. The number of benzene rings is 2. The molecule has 0 radical (unpaired) electrons. The van der Waals surface area contributed by atoms with Gasteiger partial charge in [0.2, 0.25) is 0 Å². The van der Waals surface area contributed by atoms with Crippen molar-refractivity contribution in [3.63, 3.8) is 0 Å². The van der Waals surface area contributed by atoms with E-state index in [9.17, 15) is 4.79 Å². The second kappa shape index (κ2) is 12.0. The quantitative estimate of drug-likeness (QED) is 0.513. The fourth-order valence-electron chi connectivity index (χ4n) is 2.94. The van der Waals surface area contributed by atoms with Gasteiger partial charge in [0.1, 0.15) is 17.3 Å². The molecule has 1 amide bonds. The molecule has 2 atom stereocenters. The molecule has 2 unspecified atom stereocenters. The Labute approximate surface area is 194 Å². The number of nitrogens with two attached hydrogens (primary N) is 1. The molecule has 0 aliphatic carbocycles. The summed E-state index contributed by atoms with van der Waals surface area (Å²) in [6, 6.07) is 12.7. The maximum absolute atomic E-state index is 12.5. The molecule has 2 aromatic carbocycles. The van der Waals surface area contributed by atoms with Gasteiger partial charge in [-0.05, 0) is 55.3 Å². The monoisotopic (exact) mass is 472 g/mol. The van der Waals surface area contributed by atoms with Crippen LogP contribution in [0.1, 0.15) is 42.6 Å². The lowest BCUT2D eigenvalue weighted by Crippen LogP contribution is -2.45. The van der Waals surface area contributed by atoms with E-state index in [-0.39, 0.29) is 43.0 Å². The second-order valence-electron chi connectivity index (χ2n) is 6.80. The fourth-order valence-corrected chi connectivity index (χ4v) is 3.06. The van der Waals surface area contributed by atoms with Crippen LogP contribution in [0.4, 0.5) is 5.69 Å². The molecule has 0 bridgehead atoms. The topological polar surface area (TPSA) is 88.7 Å². The number of amides is 1. The number of carbonyl (C=O) groups is 1. The van der Waals surface area contributed by atoms with Crippen molar-refractivity contribution in [3.8, 4) is 5.75 Å². The highest BCUT2D eigenvalue weighted by Crippen LogP contribution is 2.32. The molecule has 1 heterocycles. The van der Waals surface area contributed by atoms with E-state index >= 15 is 0 Å². The number of nitrogens with zero attached hydrogens (tertiary/aromatic N) is 1. The predicted molar refractivity (Wildman–Crippen MR) is 127 cm³/mol. The molecule has 0 aromatic heterocycles. The summed E-state index contributed by atoms with van der Waals surface area (Å²) >= 11 is 5.89. The Bertz CT molecular complexity index is 875. The van der Waals surface area contributed by atoms with Crippen molar-refractivity contribution in [2.75, 3.05) is 0 Å². The molecule has 4 N–H and O–H groups in total. The van der Waals surface area contributed by atoms with Crippen molar-refractivity contribution in [2.45, 2.75) is 45.5 Å².